The van der Waals surface area contributed by atoms with Crippen LogP contribution in [0, 0.1) is 11.6 Å². The van der Waals surface area contributed by atoms with Crippen LogP contribution in [-0.4, -0.2) is 25.9 Å². The SMILES string of the molecule is CCCCOc1ccc(OCC2CCC(c3ccc(CC)cc3)CO2)c(F)c1F. The van der Waals surface area contributed by atoms with E-state index in [0.29, 0.717) is 19.1 Å². The van der Waals surface area contributed by atoms with E-state index in [-0.39, 0.29) is 24.2 Å². The molecule has 158 valence electrons. The number of aryl methyl sites for hydroxylation is 1. The van der Waals surface area contributed by atoms with Crippen molar-refractivity contribution in [3.63, 3.8) is 0 Å². The first-order chi connectivity index (χ1) is 14.1. The zero-order valence-electron chi connectivity index (χ0n) is 17.3. The molecule has 0 amide bonds. The molecule has 2 aromatic rings. The highest BCUT2D eigenvalue weighted by molar-refractivity contribution is 5.35. The van der Waals surface area contributed by atoms with Crippen LogP contribution < -0.4 is 9.47 Å². The van der Waals surface area contributed by atoms with Crippen molar-refractivity contribution in [3.05, 3.63) is 59.2 Å². The van der Waals surface area contributed by atoms with Crippen LogP contribution in [0.25, 0.3) is 0 Å². The highest BCUT2D eigenvalue weighted by Crippen LogP contribution is 2.31. The Morgan fingerprint density at radius 3 is 2.21 bits per heavy atom. The maximum atomic E-state index is 14.2. The fourth-order valence-corrected chi connectivity index (χ4v) is 3.47. The standard InChI is InChI=1S/C24H30F2O3/c1-3-5-14-27-21-12-13-22(24(26)23(21)25)29-16-20-11-10-19(15-28-20)18-8-6-17(4-2)7-9-18/h6-9,12-13,19-20H,3-5,10-11,14-16H2,1-2H3. The van der Waals surface area contributed by atoms with Gasteiger partial charge >= 0.3 is 0 Å². The number of halogens is 2. The Labute approximate surface area is 172 Å². The van der Waals surface area contributed by atoms with Gasteiger partial charge in [-0.3, -0.25) is 0 Å². The van der Waals surface area contributed by atoms with E-state index < -0.39 is 11.6 Å². The molecule has 0 N–H and O–H groups in total. The summed E-state index contributed by atoms with van der Waals surface area (Å²) in [5.74, 6) is -1.83. The van der Waals surface area contributed by atoms with Crippen molar-refractivity contribution >= 4 is 0 Å². The highest BCUT2D eigenvalue weighted by atomic mass is 19.2. The van der Waals surface area contributed by atoms with Crippen LogP contribution in [0.2, 0.25) is 0 Å². The molecule has 2 aromatic carbocycles. The topological polar surface area (TPSA) is 27.7 Å². The fraction of sp³-hybridized carbons (Fsp3) is 0.500. The normalized spacial score (nSPS) is 19.2. The number of rotatable bonds is 9. The van der Waals surface area contributed by atoms with E-state index in [1.165, 1.54) is 23.3 Å². The van der Waals surface area contributed by atoms with Crippen molar-refractivity contribution in [1.29, 1.82) is 0 Å². The van der Waals surface area contributed by atoms with Gasteiger partial charge in [0.25, 0.3) is 0 Å². The van der Waals surface area contributed by atoms with Crippen molar-refractivity contribution in [2.24, 2.45) is 0 Å². The van der Waals surface area contributed by atoms with Crippen molar-refractivity contribution < 1.29 is 23.0 Å². The van der Waals surface area contributed by atoms with Crippen LogP contribution in [0.15, 0.2) is 36.4 Å². The average molecular weight is 404 g/mol. The zero-order valence-corrected chi connectivity index (χ0v) is 17.3. The van der Waals surface area contributed by atoms with Gasteiger partial charge in [-0.2, -0.15) is 8.78 Å². The predicted molar refractivity (Wildman–Crippen MR) is 110 cm³/mol. The summed E-state index contributed by atoms with van der Waals surface area (Å²) in [6, 6.07) is 11.5. The molecular formula is C24H30F2O3. The summed E-state index contributed by atoms with van der Waals surface area (Å²) in [4.78, 5) is 0. The Kier molecular flexibility index (Phi) is 7.87. The number of hydrogen-bond donors (Lipinski definition) is 0. The first-order valence-electron chi connectivity index (χ1n) is 10.6. The third-order valence-corrected chi connectivity index (χ3v) is 5.42. The average Bonchev–Trinajstić information content (AvgIpc) is 2.77. The van der Waals surface area contributed by atoms with Gasteiger partial charge < -0.3 is 14.2 Å². The Bertz CT molecular complexity index is 768. The van der Waals surface area contributed by atoms with Crippen molar-refractivity contribution in [1.82, 2.24) is 0 Å². The van der Waals surface area contributed by atoms with Gasteiger partial charge in [0.05, 0.1) is 19.3 Å². The molecule has 0 bridgehead atoms. The second-order valence-corrected chi connectivity index (χ2v) is 7.53. The first-order valence-corrected chi connectivity index (χ1v) is 10.6. The van der Waals surface area contributed by atoms with E-state index in [2.05, 4.69) is 31.2 Å². The lowest BCUT2D eigenvalue weighted by atomic mass is 9.91. The lowest BCUT2D eigenvalue weighted by molar-refractivity contribution is -0.0219. The summed E-state index contributed by atoms with van der Waals surface area (Å²) in [7, 11) is 0. The summed E-state index contributed by atoms with van der Waals surface area (Å²) in [5.41, 5.74) is 2.61. The molecule has 1 saturated heterocycles. The Morgan fingerprint density at radius 2 is 1.62 bits per heavy atom. The summed E-state index contributed by atoms with van der Waals surface area (Å²) in [6.07, 6.45) is 4.44. The Hall–Kier alpha value is -2.14. The maximum Gasteiger partial charge on any atom is 0.204 e. The maximum absolute atomic E-state index is 14.2. The second-order valence-electron chi connectivity index (χ2n) is 7.53. The molecule has 3 rings (SSSR count). The molecule has 2 atom stereocenters. The number of benzene rings is 2. The zero-order chi connectivity index (χ0) is 20.6. The molecule has 1 aliphatic heterocycles. The van der Waals surface area contributed by atoms with E-state index in [1.54, 1.807) is 0 Å². The lowest BCUT2D eigenvalue weighted by Gasteiger charge is -2.29. The lowest BCUT2D eigenvalue weighted by Crippen LogP contribution is -2.29. The molecule has 3 nitrogen and oxygen atoms in total. The van der Waals surface area contributed by atoms with Gasteiger partial charge in [0, 0.05) is 5.92 Å². The molecule has 0 spiro atoms. The highest BCUT2D eigenvalue weighted by Gasteiger charge is 2.24. The van der Waals surface area contributed by atoms with Crippen LogP contribution in [0.3, 0.4) is 0 Å². The molecular weight excluding hydrogens is 374 g/mol. The van der Waals surface area contributed by atoms with Gasteiger partial charge in [-0.25, -0.2) is 0 Å². The number of ether oxygens (including phenoxy) is 3. The molecule has 5 heteroatoms. The van der Waals surface area contributed by atoms with Gasteiger partial charge in [0.1, 0.15) is 6.61 Å². The van der Waals surface area contributed by atoms with Crippen LogP contribution in [0.5, 0.6) is 11.5 Å². The van der Waals surface area contributed by atoms with Crippen molar-refractivity contribution in [3.8, 4) is 11.5 Å². The molecule has 29 heavy (non-hydrogen) atoms. The quantitative estimate of drug-likeness (QED) is 0.476. The molecule has 0 radical (unpaired) electrons. The number of unbranched alkanes of at least 4 members (excludes halogenated alkanes) is 1. The smallest absolute Gasteiger partial charge is 0.204 e. The van der Waals surface area contributed by atoms with Crippen molar-refractivity contribution in [2.45, 2.75) is 58.0 Å². The van der Waals surface area contributed by atoms with Gasteiger partial charge in [-0.1, -0.05) is 44.5 Å². The third-order valence-electron chi connectivity index (χ3n) is 5.42. The van der Waals surface area contributed by atoms with E-state index in [4.69, 9.17) is 14.2 Å². The second kappa shape index (κ2) is 10.6. The molecule has 0 aliphatic carbocycles. The van der Waals surface area contributed by atoms with Crippen molar-refractivity contribution in [2.75, 3.05) is 19.8 Å². The minimum atomic E-state index is -1.01. The van der Waals surface area contributed by atoms with Gasteiger partial charge in [0.15, 0.2) is 11.5 Å². The van der Waals surface area contributed by atoms with Gasteiger partial charge in [-0.15, -0.1) is 0 Å². The minimum Gasteiger partial charge on any atom is -0.490 e. The van der Waals surface area contributed by atoms with E-state index >= 15 is 0 Å². The van der Waals surface area contributed by atoms with E-state index in [0.717, 1.165) is 32.1 Å². The van der Waals surface area contributed by atoms with Crippen LogP contribution in [0.1, 0.15) is 56.6 Å². The Balaban J connectivity index is 1.49. The molecule has 1 aliphatic rings. The molecule has 2 unspecified atom stereocenters. The summed E-state index contributed by atoms with van der Waals surface area (Å²) < 4.78 is 45.1. The van der Waals surface area contributed by atoms with Crippen LogP contribution >= 0.6 is 0 Å². The number of hydrogen-bond acceptors (Lipinski definition) is 3. The summed E-state index contributed by atoms with van der Waals surface area (Å²) >= 11 is 0. The Morgan fingerprint density at radius 1 is 0.931 bits per heavy atom. The molecule has 0 saturated carbocycles. The minimum absolute atomic E-state index is 0.0749. The molecule has 0 aromatic heterocycles. The van der Waals surface area contributed by atoms with Gasteiger partial charge in [-0.05, 0) is 48.9 Å². The molecule has 1 fully saturated rings. The predicted octanol–water partition coefficient (Wildman–Crippen LogP) is 6.05. The van der Waals surface area contributed by atoms with E-state index in [9.17, 15) is 8.78 Å². The van der Waals surface area contributed by atoms with Crippen LogP contribution in [-0.2, 0) is 11.2 Å². The van der Waals surface area contributed by atoms with E-state index in [1.807, 2.05) is 6.92 Å². The first kappa shape index (κ1) is 21.6. The largest absolute Gasteiger partial charge is 0.490 e. The fourth-order valence-electron chi connectivity index (χ4n) is 3.47. The molecule has 1 heterocycles. The monoisotopic (exact) mass is 404 g/mol. The van der Waals surface area contributed by atoms with Crippen LogP contribution in [0.4, 0.5) is 8.78 Å². The summed E-state index contributed by atoms with van der Waals surface area (Å²) in [6.45, 7) is 5.33. The summed E-state index contributed by atoms with van der Waals surface area (Å²) in [5, 5.41) is 0. The third kappa shape index (κ3) is 5.69. The van der Waals surface area contributed by atoms with Gasteiger partial charge in [0.2, 0.25) is 11.6 Å².